The summed E-state index contributed by atoms with van der Waals surface area (Å²) >= 11 is 0. The topological polar surface area (TPSA) is 88.0 Å². The van der Waals surface area contributed by atoms with Crippen LogP contribution in [0.2, 0.25) is 0 Å². The maximum absolute atomic E-state index is 13.6. The van der Waals surface area contributed by atoms with E-state index in [1.54, 1.807) is 0 Å². The summed E-state index contributed by atoms with van der Waals surface area (Å²) in [7, 11) is 1.24. The number of hydrogen-bond donors (Lipinski definition) is 3. The molecule has 1 aliphatic carbocycles. The molecule has 0 radical (unpaired) electrons. The predicted octanol–water partition coefficient (Wildman–Crippen LogP) is 4.30. The van der Waals surface area contributed by atoms with Gasteiger partial charge in [-0.2, -0.15) is 0 Å². The first-order valence-corrected chi connectivity index (χ1v) is 10.9. The highest BCUT2D eigenvalue weighted by molar-refractivity contribution is 5.79. The lowest BCUT2D eigenvalue weighted by Gasteiger charge is -2.21. The Morgan fingerprint density at radius 3 is 2.21 bits per heavy atom. The molecule has 3 N–H and O–H groups in total. The Balaban J connectivity index is 1.30. The van der Waals surface area contributed by atoms with E-state index in [0.717, 1.165) is 34.4 Å². The first-order valence-electron chi connectivity index (χ1n) is 10.9. The number of fused-ring (bicyclic) bond motifs is 3. The van der Waals surface area contributed by atoms with Crippen LogP contribution >= 0.6 is 0 Å². The van der Waals surface area contributed by atoms with Crippen molar-refractivity contribution in [3.8, 4) is 16.9 Å². The zero-order chi connectivity index (χ0) is 24.2. The number of benzene rings is 3. The van der Waals surface area contributed by atoms with Crippen molar-refractivity contribution in [1.29, 1.82) is 0 Å². The molecule has 0 saturated heterocycles. The number of carbonyl (C=O) groups excluding carboxylic acids is 1. The molecule has 0 aliphatic heterocycles. The van der Waals surface area contributed by atoms with Crippen molar-refractivity contribution >= 4 is 6.09 Å². The number of carbonyl (C=O) groups is 1. The molecule has 3 aromatic carbocycles. The molecule has 0 bridgehead atoms. The first kappa shape index (κ1) is 23.7. The second-order valence-corrected chi connectivity index (χ2v) is 8.06. The van der Waals surface area contributed by atoms with Gasteiger partial charge < -0.3 is 25.0 Å². The molecule has 6 nitrogen and oxygen atoms in total. The molecule has 34 heavy (non-hydrogen) atoms. The van der Waals surface area contributed by atoms with E-state index >= 15 is 0 Å². The maximum Gasteiger partial charge on any atom is 0.407 e. The van der Waals surface area contributed by atoms with Crippen LogP contribution in [0.5, 0.6) is 5.75 Å². The molecule has 8 heteroatoms. The van der Waals surface area contributed by atoms with E-state index < -0.39 is 29.9 Å². The summed E-state index contributed by atoms with van der Waals surface area (Å²) < 4.78 is 37.4. The van der Waals surface area contributed by atoms with Crippen LogP contribution < -0.4 is 10.1 Å². The molecule has 0 aromatic heterocycles. The first-order chi connectivity index (χ1) is 16.4. The molecule has 4 rings (SSSR count). The minimum absolute atomic E-state index is 0.000886. The van der Waals surface area contributed by atoms with Crippen LogP contribution in [0.15, 0.2) is 60.7 Å². The van der Waals surface area contributed by atoms with Crippen molar-refractivity contribution in [1.82, 2.24) is 5.32 Å². The van der Waals surface area contributed by atoms with Gasteiger partial charge in [0.15, 0.2) is 11.6 Å². The Hall–Kier alpha value is -3.49. The molecule has 178 valence electrons. The average Bonchev–Trinajstić information content (AvgIpc) is 3.17. The third-order valence-electron chi connectivity index (χ3n) is 6.01. The van der Waals surface area contributed by atoms with Crippen LogP contribution in [0.4, 0.5) is 13.6 Å². The highest BCUT2D eigenvalue weighted by atomic mass is 19.2. The zero-order valence-corrected chi connectivity index (χ0v) is 18.5. The molecule has 2 unspecified atom stereocenters. The van der Waals surface area contributed by atoms with Crippen LogP contribution in [0, 0.1) is 11.6 Å². The number of halogens is 2. The Labute approximate surface area is 195 Å². The van der Waals surface area contributed by atoms with Gasteiger partial charge >= 0.3 is 6.09 Å². The Morgan fingerprint density at radius 2 is 1.59 bits per heavy atom. The number of hydrogen-bond acceptors (Lipinski definition) is 5. The molecular weight excluding hydrogens is 444 g/mol. The standard InChI is InChI=1S/C26H25F2NO5/c1-33-24-13-22(28)21(27)12-19(24)25(31)23(30)10-11-29-26(32)34-14-20-17-8-4-2-6-15(17)16-7-3-5-9-18(16)20/h2-9,12-13,20,23,25,30-31H,10-11,14H2,1H3,(H,29,32). The van der Waals surface area contributed by atoms with E-state index in [4.69, 9.17) is 9.47 Å². The van der Waals surface area contributed by atoms with Crippen LogP contribution in [0.3, 0.4) is 0 Å². The van der Waals surface area contributed by atoms with Crippen LogP contribution in [0.1, 0.15) is 35.1 Å². The zero-order valence-electron chi connectivity index (χ0n) is 18.5. The minimum atomic E-state index is -1.53. The highest BCUT2D eigenvalue weighted by Gasteiger charge is 2.29. The van der Waals surface area contributed by atoms with Gasteiger partial charge in [0.2, 0.25) is 0 Å². The van der Waals surface area contributed by atoms with Crippen molar-refractivity contribution < 1.29 is 33.3 Å². The number of amides is 1. The summed E-state index contributed by atoms with van der Waals surface area (Å²) in [5, 5.41) is 23.2. The Bertz CT molecular complexity index is 1140. The second-order valence-electron chi connectivity index (χ2n) is 8.06. The monoisotopic (exact) mass is 469 g/mol. The summed E-state index contributed by atoms with van der Waals surface area (Å²) in [4.78, 5) is 12.2. The van der Waals surface area contributed by atoms with Crippen molar-refractivity contribution in [2.45, 2.75) is 24.5 Å². The van der Waals surface area contributed by atoms with Gasteiger partial charge in [-0.05, 0) is 34.7 Å². The van der Waals surface area contributed by atoms with Gasteiger partial charge in [0.1, 0.15) is 18.5 Å². The molecule has 3 aromatic rings. The second kappa shape index (κ2) is 10.2. The Kier molecular flexibility index (Phi) is 7.09. The minimum Gasteiger partial charge on any atom is -0.496 e. The number of aliphatic hydroxyl groups is 2. The van der Waals surface area contributed by atoms with E-state index in [-0.39, 0.29) is 36.8 Å². The maximum atomic E-state index is 13.6. The molecule has 2 atom stereocenters. The van der Waals surface area contributed by atoms with Gasteiger partial charge in [0, 0.05) is 24.1 Å². The van der Waals surface area contributed by atoms with Gasteiger partial charge in [-0.1, -0.05) is 48.5 Å². The SMILES string of the molecule is COc1cc(F)c(F)cc1C(O)C(O)CCNC(=O)OCC1c2ccccc2-c2ccccc21. The van der Waals surface area contributed by atoms with Gasteiger partial charge in [0.05, 0.1) is 13.2 Å². The lowest BCUT2D eigenvalue weighted by atomic mass is 9.98. The van der Waals surface area contributed by atoms with Crippen molar-refractivity contribution in [3.63, 3.8) is 0 Å². The van der Waals surface area contributed by atoms with E-state index in [9.17, 15) is 23.8 Å². The third-order valence-corrected chi connectivity index (χ3v) is 6.01. The van der Waals surface area contributed by atoms with E-state index in [1.807, 2.05) is 48.5 Å². The fraction of sp³-hybridized carbons (Fsp3) is 0.269. The van der Waals surface area contributed by atoms with Crippen molar-refractivity contribution in [3.05, 3.63) is 89.0 Å². The normalized spacial score (nSPS) is 14.1. The number of aliphatic hydroxyl groups excluding tert-OH is 2. The van der Waals surface area contributed by atoms with Gasteiger partial charge in [-0.25, -0.2) is 13.6 Å². The molecule has 0 spiro atoms. The summed E-state index contributed by atoms with van der Waals surface area (Å²) in [6.07, 6.45) is -3.59. The van der Waals surface area contributed by atoms with Gasteiger partial charge in [-0.3, -0.25) is 0 Å². The number of rotatable bonds is 8. The summed E-state index contributed by atoms with van der Waals surface area (Å²) in [6.45, 7) is 0.151. The Morgan fingerprint density at radius 1 is 1.00 bits per heavy atom. The quantitative estimate of drug-likeness (QED) is 0.458. The number of nitrogens with one attached hydrogen (secondary N) is 1. The lowest BCUT2D eigenvalue weighted by Crippen LogP contribution is -2.30. The van der Waals surface area contributed by atoms with Crippen molar-refractivity contribution in [2.75, 3.05) is 20.3 Å². The molecular formula is C26H25F2NO5. The molecule has 0 saturated carbocycles. The molecule has 1 aliphatic rings. The van der Waals surface area contributed by atoms with Gasteiger partial charge in [-0.15, -0.1) is 0 Å². The van der Waals surface area contributed by atoms with Gasteiger partial charge in [0.25, 0.3) is 0 Å². The lowest BCUT2D eigenvalue weighted by molar-refractivity contribution is 0.0121. The van der Waals surface area contributed by atoms with E-state index in [2.05, 4.69) is 5.32 Å². The fourth-order valence-corrected chi connectivity index (χ4v) is 4.29. The fourth-order valence-electron chi connectivity index (χ4n) is 4.29. The number of methoxy groups -OCH3 is 1. The van der Waals surface area contributed by atoms with E-state index in [0.29, 0.717) is 0 Å². The largest absolute Gasteiger partial charge is 0.496 e. The summed E-state index contributed by atoms with van der Waals surface area (Å²) in [5.41, 5.74) is 4.34. The molecule has 1 amide bonds. The summed E-state index contributed by atoms with van der Waals surface area (Å²) in [6, 6.07) is 17.6. The number of alkyl carbamates (subject to hydrolysis) is 1. The number of ether oxygens (including phenoxy) is 2. The third kappa shape index (κ3) is 4.73. The summed E-state index contributed by atoms with van der Waals surface area (Å²) in [5.74, 6) is -2.46. The van der Waals surface area contributed by atoms with Crippen LogP contribution in [-0.2, 0) is 4.74 Å². The average molecular weight is 469 g/mol. The highest BCUT2D eigenvalue weighted by Crippen LogP contribution is 2.44. The molecule has 0 fully saturated rings. The van der Waals surface area contributed by atoms with Crippen LogP contribution in [-0.4, -0.2) is 42.7 Å². The van der Waals surface area contributed by atoms with Crippen LogP contribution in [0.25, 0.3) is 11.1 Å². The molecule has 0 heterocycles. The predicted molar refractivity (Wildman–Crippen MR) is 122 cm³/mol. The smallest absolute Gasteiger partial charge is 0.407 e. The van der Waals surface area contributed by atoms with Crippen molar-refractivity contribution in [2.24, 2.45) is 0 Å². The van der Waals surface area contributed by atoms with E-state index in [1.165, 1.54) is 7.11 Å².